The highest BCUT2D eigenvalue weighted by Gasteiger charge is 2.24. The number of hydrogen-bond acceptors (Lipinski definition) is 4. The minimum Gasteiger partial charge on any atom is -0.549 e. The van der Waals surface area contributed by atoms with Crippen molar-refractivity contribution in [2.24, 2.45) is 0 Å². The van der Waals surface area contributed by atoms with Crippen LogP contribution in [0.5, 0.6) is 0 Å². The van der Waals surface area contributed by atoms with Gasteiger partial charge in [0.1, 0.15) is 12.4 Å². The number of nitrogens with one attached hydrogen (secondary N) is 2. The molecule has 0 spiro atoms. The fraction of sp³-hybridized carbons (Fsp3) is 0.500. The Labute approximate surface area is 149 Å². The van der Waals surface area contributed by atoms with Crippen molar-refractivity contribution in [3.63, 3.8) is 0 Å². The molecule has 0 saturated carbocycles. The first-order chi connectivity index (χ1) is 11.5. The maximum atomic E-state index is 13.8. The molecule has 5 nitrogen and oxygen atoms in total. The lowest BCUT2D eigenvalue weighted by Crippen LogP contribution is -3.12. The number of carboxylic acids is 1. The lowest BCUT2D eigenvalue weighted by Gasteiger charge is -2.30. The van der Waals surface area contributed by atoms with Crippen LogP contribution in [0.2, 0.25) is 5.02 Å². The Morgan fingerprint density at radius 2 is 2.04 bits per heavy atom. The molecule has 1 aromatic carbocycles. The standard InChI is InChI=1S/C16H20ClFN2O3S/c17-13-2-1-3-14(18)12(13)8-20-6-4-11(5-7-20)19-15(21)9-24-10-16(22)23/h1-3,11H,4-10H2,(H,19,21)(H,22,23). The first-order valence-corrected chi connectivity index (χ1v) is 9.32. The van der Waals surface area contributed by atoms with Gasteiger partial charge in [-0.25, -0.2) is 4.39 Å². The molecule has 1 amide bonds. The van der Waals surface area contributed by atoms with Gasteiger partial charge in [0.2, 0.25) is 5.91 Å². The minimum atomic E-state index is -1.17. The lowest BCUT2D eigenvalue weighted by molar-refractivity contribution is -0.919. The topological polar surface area (TPSA) is 73.7 Å². The van der Waals surface area contributed by atoms with Crippen LogP contribution in [0, 0.1) is 5.82 Å². The summed E-state index contributed by atoms with van der Waals surface area (Å²) in [6.45, 7) is 2.18. The van der Waals surface area contributed by atoms with Crippen LogP contribution in [-0.2, 0) is 16.1 Å². The normalized spacial score (nSPS) is 20.6. The van der Waals surface area contributed by atoms with Gasteiger partial charge in [-0.15, -0.1) is 11.8 Å². The van der Waals surface area contributed by atoms with E-state index in [1.54, 1.807) is 12.1 Å². The monoisotopic (exact) mass is 374 g/mol. The molecule has 1 aliphatic heterocycles. The SMILES string of the molecule is O=C([O-])CSCC(=O)NC1CC[NH+](Cc2c(F)cccc2Cl)CC1. The molecule has 1 fully saturated rings. The number of likely N-dealkylation sites (tertiary alicyclic amines) is 1. The van der Waals surface area contributed by atoms with Crippen LogP contribution in [0.15, 0.2) is 18.2 Å². The Kier molecular flexibility index (Phi) is 7.33. The smallest absolute Gasteiger partial charge is 0.230 e. The number of quaternary nitrogens is 1. The fourth-order valence-corrected chi connectivity index (χ4v) is 3.56. The van der Waals surface area contributed by atoms with E-state index >= 15 is 0 Å². The van der Waals surface area contributed by atoms with Gasteiger partial charge in [-0.2, -0.15) is 0 Å². The average Bonchev–Trinajstić information content (AvgIpc) is 2.52. The van der Waals surface area contributed by atoms with Crippen LogP contribution in [0.25, 0.3) is 0 Å². The van der Waals surface area contributed by atoms with Crippen LogP contribution >= 0.6 is 23.4 Å². The first kappa shape index (κ1) is 19.0. The maximum Gasteiger partial charge on any atom is 0.230 e. The third-order valence-electron chi connectivity index (χ3n) is 4.00. The average molecular weight is 375 g/mol. The van der Waals surface area contributed by atoms with E-state index < -0.39 is 5.97 Å². The van der Waals surface area contributed by atoms with Gasteiger partial charge in [0, 0.05) is 24.6 Å². The van der Waals surface area contributed by atoms with E-state index in [1.165, 1.54) is 11.0 Å². The van der Waals surface area contributed by atoms with Crippen LogP contribution in [0.3, 0.4) is 0 Å². The van der Waals surface area contributed by atoms with Crippen molar-refractivity contribution in [3.8, 4) is 0 Å². The summed E-state index contributed by atoms with van der Waals surface area (Å²) in [6, 6.07) is 4.78. The van der Waals surface area contributed by atoms with Gasteiger partial charge < -0.3 is 20.1 Å². The van der Waals surface area contributed by atoms with Crippen molar-refractivity contribution in [2.75, 3.05) is 24.6 Å². The van der Waals surface area contributed by atoms with Crippen molar-refractivity contribution in [1.29, 1.82) is 0 Å². The summed E-state index contributed by atoms with van der Waals surface area (Å²) in [6.07, 6.45) is 1.61. The van der Waals surface area contributed by atoms with E-state index in [9.17, 15) is 19.1 Å². The predicted molar refractivity (Wildman–Crippen MR) is 89.3 cm³/mol. The lowest BCUT2D eigenvalue weighted by atomic mass is 10.0. The molecule has 0 aromatic heterocycles. The molecule has 0 bridgehead atoms. The zero-order chi connectivity index (χ0) is 17.5. The number of halogens is 2. The summed E-state index contributed by atoms with van der Waals surface area (Å²) in [5.74, 6) is -1.68. The molecule has 132 valence electrons. The minimum absolute atomic E-state index is 0.0842. The third-order valence-corrected chi connectivity index (χ3v) is 5.26. The number of amides is 1. The Balaban J connectivity index is 1.73. The number of carbonyl (C=O) groups is 2. The molecule has 1 saturated heterocycles. The van der Waals surface area contributed by atoms with Crippen molar-refractivity contribution >= 4 is 35.2 Å². The molecule has 1 aromatic rings. The first-order valence-electron chi connectivity index (χ1n) is 7.79. The van der Waals surface area contributed by atoms with Crippen LogP contribution in [0.1, 0.15) is 18.4 Å². The molecule has 2 N–H and O–H groups in total. The molecule has 8 heteroatoms. The van der Waals surface area contributed by atoms with E-state index in [4.69, 9.17) is 11.6 Å². The van der Waals surface area contributed by atoms with E-state index in [0.29, 0.717) is 17.1 Å². The van der Waals surface area contributed by atoms with E-state index in [1.807, 2.05) is 0 Å². The number of hydrogen-bond donors (Lipinski definition) is 2. The molecule has 2 rings (SSSR count). The number of benzene rings is 1. The molecule has 0 radical (unpaired) electrons. The van der Waals surface area contributed by atoms with Crippen LogP contribution in [-0.4, -0.2) is 42.5 Å². The molecular weight excluding hydrogens is 355 g/mol. The maximum absolute atomic E-state index is 13.8. The quantitative estimate of drug-likeness (QED) is 0.682. The summed E-state index contributed by atoms with van der Waals surface area (Å²) in [7, 11) is 0. The number of thioether (sulfide) groups is 1. The van der Waals surface area contributed by atoms with Gasteiger partial charge >= 0.3 is 0 Å². The second-order valence-electron chi connectivity index (χ2n) is 5.83. The third kappa shape index (κ3) is 5.96. The number of aliphatic carboxylic acids is 1. The summed E-state index contributed by atoms with van der Waals surface area (Å²) in [5, 5.41) is 13.7. The van der Waals surface area contributed by atoms with E-state index in [0.717, 1.165) is 37.7 Å². The van der Waals surface area contributed by atoms with Crippen molar-refractivity contribution in [2.45, 2.75) is 25.4 Å². The van der Waals surface area contributed by atoms with Crippen molar-refractivity contribution in [1.82, 2.24) is 5.32 Å². The van der Waals surface area contributed by atoms with E-state index in [2.05, 4.69) is 5.32 Å². The second kappa shape index (κ2) is 9.25. The highest BCUT2D eigenvalue weighted by molar-refractivity contribution is 8.00. The highest BCUT2D eigenvalue weighted by atomic mass is 35.5. The molecule has 0 atom stereocenters. The zero-order valence-corrected chi connectivity index (χ0v) is 14.7. The van der Waals surface area contributed by atoms with Gasteiger partial charge in [0.05, 0.1) is 35.4 Å². The summed E-state index contributed by atoms with van der Waals surface area (Å²) < 4.78 is 13.8. The molecular formula is C16H20ClFN2O3S. The predicted octanol–water partition coefficient (Wildman–Crippen LogP) is -0.374. The number of carbonyl (C=O) groups excluding carboxylic acids is 2. The molecule has 1 aliphatic rings. The van der Waals surface area contributed by atoms with Crippen LogP contribution < -0.4 is 15.3 Å². The van der Waals surface area contributed by atoms with Crippen molar-refractivity contribution < 1.29 is 24.0 Å². The molecule has 24 heavy (non-hydrogen) atoms. The van der Waals surface area contributed by atoms with Gasteiger partial charge in [-0.05, 0) is 12.1 Å². The number of rotatable bonds is 7. The van der Waals surface area contributed by atoms with Crippen molar-refractivity contribution in [3.05, 3.63) is 34.6 Å². The van der Waals surface area contributed by atoms with Crippen LogP contribution in [0.4, 0.5) is 4.39 Å². The van der Waals surface area contributed by atoms with Gasteiger partial charge in [-0.1, -0.05) is 17.7 Å². The summed E-state index contributed by atoms with van der Waals surface area (Å²) in [5.41, 5.74) is 0.537. The fourth-order valence-electron chi connectivity index (χ4n) is 2.79. The highest BCUT2D eigenvalue weighted by Crippen LogP contribution is 2.18. The van der Waals surface area contributed by atoms with Gasteiger partial charge in [0.15, 0.2) is 0 Å². The van der Waals surface area contributed by atoms with Gasteiger partial charge in [0.25, 0.3) is 0 Å². The Morgan fingerprint density at radius 1 is 1.33 bits per heavy atom. The molecule has 0 aliphatic carbocycles. The zero-order valence-electron chi connectivity index (χ0n) is 13.1. The van der Waals surface area contributed by atoms with Gasteiger partial charge in [-0.3, -0.25) is 4.79 Å². The summed E-state index contributed by atoms with van der Waals surface area (Å²) in [4.78, 5) is 23.3. The van der Waals surface area contributed by atoms with E-state index in [-0.39, 0.29) is 29.3 Å². The Morgan fingerprint density at radius 3 is 2.67 bits per heavy atom. The largest absolute Gasteiger partial charge is 0.549 e. The molecule has 0 unspecified atom stereocenters. The summed E-state index contributed by atoms with van der Waals surface area (Å²) >= 11 is 7.09. The second-order valence-corrected chi connectivity index (χ2v) is 7.23. The number of piperidine rings is 1. The Bertz CT molecular complexity index is 574. The number of carboxylic acid groups (broad SMARTS) is 1. The molecule has 1 heterocycles. The Hall–Kier alpha value is -1.31.